The van der Waals surface area contributed by atoms with Crippen LogP contribution in [0.3, 0.4) is 0 Å². The van der Waals surface area contributed by atoms with E-state index in [4.69, 9.17) is 9.47 Å². The lowest BCUT2D eigenvalue weighted by Crippen LogP contribution is -2.59. The molecule has 2 saturated carbocycles. The first-order chi connectivity index (χ1) is 25.8. The Morgan fingerprint density at radius 2 is 1.87 bits per heavy atom. The molecule has 4 N–H and O–H groups in total. The van der Waals surface area contributed by atoms with Gasteiger partial charge >= 0.3 is 12.3 Å². The number of hydrogen-bond donors (Lipinski definition) is 4. The number of nitrogens with zero attached hydrogens (tertiary/aromatic N) is 2. The Morgan fingerprint density at radius 1 is 1.15 bits per heavy atom. The van der Waals surface area contributed by atoms with Crippen LogP contribution in [0.25, 0.3) is 10.8 Å². The Labute approximate surface area is 314 Å². The first-order valence-electron chi connectivity index (χ1n) is 18.0. The van der Waals surface area contributed by atoms with Gasteiger partial charge in [0.05, 0.1) is 19.2 Å². The van der Waals surface area contributed by atoms with Crippen molar-refractivity contribution in [1.29, 1.82) is 0 Å². The highest BCUT2D eigenvalue weighted by Gasteiger charge is 2.64. The summed E-state index contributed by atoms with van der Waals surface area (Å²) in [5, 5.41) is 14.4. The molecule has 1 aromatic carbocycles. The van der Waals surface area contributed by atoms with E-state index in [-0.39, 0.29) is 60.5 Å². The molecule has 2 aromatic rings. The average Bonchev–Trinajstić information content (AvgIpc) is 4.02. The Kier molecular flexibility index (Phi) is 10.7. The maximum absolute atomic E-state index is 14.3. The number of hydrogen-bond acceptors (Lipinski definition) is 9. The third-order valence-electron chi connectivity index (χ3n) is 11.2. The van der Waals surface area contributed by atoms with E-state index in [1.807, 2.05) is 17.7 Å². The van der Waals surface area contributed by atoms with E-state index in [1.54, 1.807) is 13.0 Å². The van der Waals surface area contributed by atoms with Gasteiger partial charge in [-0.1, -0.05) is 26.0 Å². The molecule has 0 radical (unpaired) electrons. The van der Waals surface area contributed by atoms with Gasteiger partial charge in [0.2, 0.25) is 27.7 Å². The lowest BCUT2D eigenvalue weighted by atomic mass is 9.88. The van der Waals surface area contributed by atoms with Crippen molar-refractivity contribution in [3.05, 3.63) is 42.1 Å². The maximum atomic E-state index is 14.3. The fourth-order valence-electron chi connectivity index (χ4n) is 7.68. The number of sulfonamides is 1. The fraction of sp³-hybridized carbons (Fsp3) is 0.583. The van der Waals surface area contributed by atoms with Crippen LogP contribution in [-0.2, 0) is 30.6 Å². The summed E-state index contributed by atoms with van der Waals surface area (Å²) in [5.41, 5.74) is -2.83. The van der Waals surface area contributed by atoms with Crippen LogP contribution >= 0.6 is 0 Å². The third-order valence-corrected chi connectivity index (χ3v) is 13.3. The molecule has 4 aliphatic rings. The Bertz CT molecular complexity index is 2010. The van der Waals surface area contributed by atoms with Gasteiger partial charge in [-0.3, -0.25) is 19.1 Å². The van der Waals surface area contributed by atoms with Crippen molar-refractivity contribution < 1.29 is 59.7 Å². The van der Waals surface area contributed by atoms with Crippen LogP contribution in [0.4, 0.5) is 22.4 Å². The molecule has 1 saturated heterocycles. The molecule has 0 unspecified atom stereocenters. The zero-order chi connectivity index (χ0) is 40.1. The zero-order valence-corrected chi connectivity index (χ0v) is 31.1. The van der Waals surface area contributed by atoms with Gasteiger partial charge in [0.15, 0.2) is 0 Å². The smallest absolute Gasteiger partial charge is 0.418 e. The highest BCUT2D eigenvalue weighted by molar-refractivity contribution is 7.91. The van der Waals surface area contributed by atoms with Gasteiger partial charge in [-0.05, 0) is 68.6 Å². The van der Waals surface area contributed by atoms with Gasteiger partial charge in [0.1, 0.15) is 40.9 Å². The lowest BCUT2D eigenvalue weighted by Gasteiger charge is -2.32. The number of rotatable bonds is 8. The number of carboxylic acid groups (broad SMARTS) is 1. The van der Waals surface area contributed by atoms with Crippen molar-refractivity contribution >= 4 is 44.6 Å². The number of fused-ring (bicyclic) bond motifs is 3. The molecule has 3 heterocycles. The van der Waals surface area contributed by atoms with Crippen molar-refractivity contribution in [2.45, 2.75) is 93.4 Å². The molecule has 7 atom stereocenters. The van der Waals surface area contributed by atoms with E-state index < -0.39 is 92.6 Å². The number of amides is 4. The topological polar surface area (TPSA) is 193 Å². The second-order valence-corrected chi connectivity index (χ2v) is 17.2. The van der Waals surface area contributed by atoms with E-state index in [0.717, 1.165) is 4.90 Å². The van der Waals surface area contributed by atoms with E-state index in [1.165, 1.54) is 25.3 Å². The van der Waals surface area contributed by atoms with Gasteiger partial charge in [-0.15, -0.1) is 0 Å². The molecule has 14 nitrogen and oxygen atoms in total. The number of ether oxygens (including phenoxy) is 2. The Morgan fingerprint density at radius 3 is 2.51 bits per heavy atom. The van der Waals surface area contributed by atoms with E-state index in [2.05, 4.69) is 15.6 Å². The second-order valence-electron chi connectivity index (χ2n) is 15.1. The van der Waals surface area contributed by atoms with Crippen molar-refractivity contribution in [1.82, 2.24) is 25.2 Å². The minimum atomic E-state index is -4.78. The van der Waals surface area contributed by atoms with Gasteiger partial charge in [-0.25, -0.2) is 22.6 Å². The molecule has 19 heteroatoms. The molecule has 0 spiro atoms. The van der Waals surface area contributed by atoms with Crippen LogP contribution in [0.5, 0.6) is 11.6 Å². The average molecular weight is 798 g/mol. The number of carbonyl (C=O) groups is 4. The Hall–Kier alpha value is -4.68. The van der Waals surface area contributed by atoms with Gasteiger partial charge in [0, 0.05) is 29.3 Å². The summed E-state index contributed by atoms with van der Waals surface area (Å²) in [5.74, 6) is -4.00. The summed E-state index contributed by atoms with van der Waals surface area (Å²) >= 11 is 0. The summed E-state index contributed by atoms with van der Waals surface area (Å²) in [4.78, 5) is 59.4. The number of aromatic nitrogens is 1. The van der Waals surface area contributed by atoms with Gasteiger partial charge < -0.3 is 30.1 Å². The molecular formula is C36H43F4N5O9S. The van der Waals surface area contributed by atoms with Crippen molar-refractivity contribution in [2.24, 2.45) is 17.8 Å². The van der Waals surface area contributed by atoms with Crippen LogP contribution in [0.15, 0.2) is 36.5 Å². The predicted octanol–water partition coefficient (Wildman–Crippen LogP) is 4.08. The monoisotopic (exact) mass is 797 g/mol. The van der Waals surface area contributed by atoms with E-state index >= 15 is 0 Å². The molecule has 55 heavy (non-hydrogen) atoms. The number of pyridine rings is 1. The molecule has 3 fully saturated rings. The highest BCUT2D eigenvalue weighted by atomic mass is 32.2. The quantitative estimate of drug-likeness (QED) is 0.224. The third kappa shape index (κ3) is 7.89. The van der Waals surface area contributed by atoms with Crippen molar-refractivity contribution in [3.8, 4) is 11.6 Å². The van der Waals surface area contributed by atoms with Crippen LogP contribution < -0.4 is 24.8 Å². The van der Waals surface area contributed by atoms with Crippen LogP contribution in [-0.4, -0.2) is 96.0 Å². The number of halogens is 4. The first-order valence-corrected chi connectivity index (χ1v) is 19.4. The molecule has 1 aromatic heterocycles. The predicted molar refractivity (Wildman–Crippen MR) is 188 cm³/mol. The van der Waals surface area contributed by atoms with Gasteiger partial charge in [0.25, 0.3) is 5.91 Å². The minimum absolute atomic E-state index is 0.000517. The SMILES string of the molecule is COc1ccc2c(O[C@@H]3C[C@H]4C(=O)N[C@]5(C(=O)NS(=O)(=O)C6(CF)CC6)C[C@H]5C=CCC[C@@H](C)C[C@@H](C)[C@H](NC(=O)O)C(=O)N4C3)ncc(C(F)(F)F)c2c1. The molecule has 2 aliphatic heterocycles. The molecule has 4 amide bonds. The minimum Gasteiger partial charge on any atom is -0.497 e. The molecule has 2 aliphatic carbocycles. The molecule has 0 bridgehead atoms. The Balaban J connectivity index is 1.36. The number of nitrogens with one attached hydrogen (secondary N) is 3. The summed E-state index contributed by atoms with van der Waals surface area (Å²) in [7, 11) is -3.17. The van der Waals surface area contributed by atoms with E-state index in [0.29, 0.717) is 25.5 Å². The van der Waals surface area contributed by atoms with Crippen LogP contribution in [0, 0.1) is 17.8 Å². The number of allylic oxidation sites excluding steroid dienone is 1. The molecular weight excluding hydrogens is 754 g/mol. The standard InChI is InChI=1S/C36H43F4N5O9S/c1-19-6-4-5-7-21-15-35(21,32(48)44-55(51,52)34(18-37)10-11-34)43-29(46)27-14-23(17-45(27)31(47)28(20(2)12-19)42-33(49)50)54-30-24-9-8-22(53-3)13-25(24)26(16-41-30)36(38,39)40/h5,7-9,13,16,19-21,23,27-28,42H,4,6,10-12,14-15,17-18H2,1-3H3,(H,43,46)(H,44,48)(H,49,50)/t19-,20-,21-,23-,27+,28+,35-/m1/s1. The largest absolute Gasteiger partial charge is 0.497 e. The normalized spacial score (nSPS) is 29.5. The summed E-state index contributed by atoms with van der Waals surface area (Å²) in [6, 6.07) is 1.20. The number of alkyl halides is 4. The summed E-state index contributed by atoms with van der Waals surface area (Å²) in [6.07, 6.45) is -1.83. The van der Waals surface area contributed by atoms with Crippen LogP contribution in [0.1, 0.15) is 64.4 Å². The highest BCUT2D eigenvalue weighted by Crippen LogP contribution is 2.48. The van der Waals surface area contributed by atoms with Crippen LogP contribution in [0.2, 0.25) is 0 Å². The lowest BCUT2D eigenvalue weighted by molar-refractivity contribution is -0.142. The van der Waals surface area contributed by atoms with E-state index in [9.17, 15) is 50.3 Å². The maximum Gasteiger partial charge on any atom is 0.418 e. The molecule has 300 valence electrons. The number of benzene rings is 1. The molecule has 6 rings (SSSR count). The number of methoxy groups -OCH3 is 1. The van der Waals surface area contributed by atoms with Gasteiger partial charge in [-0.2, -0.15) is 13.2 Å². The summed E-state index contributed by atoms with van der Waals surface area (Å²) < 4.78 is 93.4. The zero-order valence-electron chi connectivity index (χ0n) is 30.3. The first kappa shape index (κ1) is 40.0. The second kappa shape index (κ2) is 14.8. The summed E-state index contributed by atoms with van der Waals surface area (Å²) in [6.45, 7) is 2.12. The number of carbonyl (C=O) groups excluding carboxylic acids is 3. The van der Waals surface area contributed by atoms with Crippen molar-refractivity contribution in [2.75, 3.05) is 20.3 Å². The fourth-order valence-corrected chi connectivity index (χ4v) is 9.11. The van der Waals surface area contributed by atoms with Crippen molar-refractivity contribution in [3.63, 3.8) is 0 Å².